The molecule has 0 aromatic rings. The molecule has 0 saturated heterocycles. The van der Waals surface area contributed by atoms with Gasteiger partial charge in [-0.1, -0.05) is 0 Å². The summed E-state index contributed by atoms with van der Waals surface area (Å²) in [5, 5.41) is 7.85. The third-order valence-electron chi connectivity index (χ3n) is 0.475. The first kappa shape index (κ1) is 7.89. The highest BCUT2D eigenvalue weighted by molar-refractivity contribution is 5.77. The fourth-order valence-corrected chi connectivity index (χ4v) is 0.282. The van der Waals surface area contributed by atoms with E-state index in [1.165, 1.54) is 0 Å². The quantitative estimate of drug-likeness (QED) is 0.468. The van der Waals surface area contributed by atoms with Gasteiger partial charge in [0.2, 0.25) is 5.39 Å². The Hall–Kier alpha value is -1.11. The molecule has 0 atom stereocenters. The number of carbonyl (C=O) groups excluding carboxylic acids is 1. The molecule has 0 saturated carbocycles. The molecule has 0 spiro atoms. The van der Waals surface area contributed by atoms with Crippen LogP contribution in [0.25, 0.3) is 4.98 Å². The van der Waals surface area contributed by atoms with E-state index in [-0.39, 0.29) is 0 Å². The summed E-state index contributed by atoms with van der Waals surface area (Å²) in [6.07, 6.45) is -0.956. The fraction of sp³-hybridized carbons (Fsp3) is 0.800. The fourth-order valence-electron chi connectivity index (χ4n) is 0.282. The molecule has 4 heteroatoms. The van der Waals surface area contributed by atoms with Crippen LogP contribution in [0.15, 0.2) is 0 Å². The van der Waals surface area contributed by atoms with Gasteiger partial charge in [0.15, 0.2) is 0 Å². The summed E-state index contributed by atoms with van der Waals surface area (Å²) in [4.78, 5) is 12.5. The first-order valence-electron chi connectivity index (χ1n) is 2.54. The van der Waals surface area contributed by atoms with E-state index in [2.05, 4.69) is 9.71 Å². The summed E-state index contributed by atoms with van der Waals surface area (Å²) >= 11 is 0. The second-order valence-corrected chi connectivity index (χ2v) is 2.58. The molecule has 0 rings (SSSR count). The highest BCUT2D eigenvalue weighted by Crippen LogP contribution is 2.07. The molecule has 0 aromatic heterocycles. The average Bonchev–Trinajstić information content (AvgIpc) is 1.62. The SMILES string of the molecule is CC(C)(C)OC(=O)[N+]#N. The van der Waals surface area contributed by atoms with Gasteiger partial charge in [-0.25, -0.2) is 0 Å². The number of diazo groups is 1. The summed E-state index contributed by atoms with van der Waals surface area (Å²) in [6, 6.07) is 0. The standard InChI is InChI=1S/C5H9N2O2/c1-5(2,3)9-4(8)7-6/h1-3H3/q+1. The van der Waals surface area contributed by atoms with Gasteiger partial charge < -0.3 is 4.74 Å². The molecule has 0 fully saturated rings. The number of amides is 1. The molecule has 0 N–H and O–H groups in total. The van der Waals surface area contributed by atoms with Gasteiger partial charge in [-0.05, 0) is 20.8 Å². The summed E-state index contributed by atoms with van der Waals surface area (Å²) in [5.74, 6) is 0. The second kappa shape index (κ2) is 2.44. The molecule has 9 heavy (non-hydrogen) atoms. The second-order valence-electron chi connectivity index (χ2n) is 2.58. The van der Waals surface area contributed by atoms with Crippen molar-refractivity contribution >= 4 is 6.09 Å². The Morgan fingerprint density at radius 2 is 2.00 bits per heavy atom. The predicted molar refractivity (Wildman–Crippen MR) is 31.3 cm³/mol. The van der Waals surface area contributed by atoms with Crippen LogP contribution in [0.3, 0.4) is 0 Å². The van der Waals surface area contributed by atoms with E-state index < -0.39 is 11.7 Å². The van der Waals surface area contributed by atoms with Crippen molar-refractivity contribution < 1.29 is 9.53 Å². The highest BCUT2D eigenvalue weighted by Gasteiger charge is 2.25. The van der Waals surface area contributed by atoms with Crippen LogP contribution in [0.2, 0.25) is 0 Å². The number of hydrogen-bond donors (Lipinski definition) is 0. The lowest BCUT2D eigenvalue weighted by molar-refractivity contribution is 0.0660. The molecular weight excluding hydrogens is 120 g/mol. The third-order valence-corrected chi connectivity index (χ3v) is 0.475. The normalized spacial score (nSPS) is 10.0. The van der Waals surface area contributed by atoms with Crippen molar-refractivity contribution in [3.8, 4) is 0 Å². The Balaban J connectivity index is 3.78. The first-order valence-corrected chi connectivity index (χ1v) is 2.54. The number of nitrogens with zero attached hydrogens (tertiary/aromatic N) is 2. The molecule has 0 bridgehead atoms. The Morgan fingerprint density at radius 3 is 2.11 bits per heavy atom. The van der Waals surface area contributed by atoms with Gasteiger partial charge >= 0.3 is 6.09 Å². The summed E-state index contributed by atoms with van der Waals surface area (Å²) < 4.78 is 4.53. The molecule has 0 unspecified atom stereocenters. The summed E-state index contributed by atoms with van der Waals surface area (Å²) in [7, 11) is 0. The lowest BCUT2D eigenvalue weighted by Gasteiger charge is -2.11. The molecule has 0 aliphatic heterocycles. The maximum absolute atomic E-state index is 10.2. The molecule has 1 amide bonds. The maximum atomic E-state index is 10.2. The molecule has 0 aromatic carbocycles. The number of hydrogen-bond acceptors (Lipinski definition) is 3. The zero-order chi connectivity index (χ0) is 7.49. The zero-order valence-electron chi connectivity index (χ0n) is 5.71. The van der Waals surface area contributed by atoms with E-state index in [0.29, 0.717) is 0 Å². The average molecular weight is 129 g/mol. The minimum atomic E-state index is -0.956. The Kier molecular flexibility index (Phi) is 2.14. The van der Waals surface area contributed by atoms with Gasteiger partial charge in [0.25, 0.3) is 4.98 Å². The molecular formula is C5H9N2O2+. The van der Waals surface area contributed by atoms with E-state index >= 15 is 0 Å². The van der Waals surface area contributed by atoms with E-state index in [1.54, 1.807) is 20.8 Å². The van der Waals surface area contributed by atoms with Crippen molar-refractivity contribution in [2.24, 2.45) is 0 Å². The molecule has 0 aliphatic carbocycles. The highest BCUT2D eigenvalue weighted by atomic mass is 16.6. The van der Waals surface area contributed by atoms with Crippen LogP contribution in [0.1, 0.15) is 20.8 Å². The van der Waals surface area contributed by atoms with Gasteiger partial charge in [0.1, 0.15) is 5.60 Å². The van der Waals surface area contributed by atoms with Crippen molar-refractivity contribution in [2.45, 2.75) is 26.4 Å². The van der Waals surface area contributed by atoms with E-state index in [9.17, 15) is 4.79 Å². The third kappa shape index (κ3) is 4.75. The number of ether oxygens (including phenoxy) is 1. The summed E-state index contributed by atoms with van der Waals surface area (Å²) in [6.45, 7) is 5.07. The van der Waals surface area contributed by atoms with Crippen molar-refractivity contribution in [1.82, 2.24) is 0 Å². The zero-order valence-corrected chi connectivity index (χ0v) is 5.71. The number of rotatable bonds is 0. The van der Waals surface area contributed by atoms with Crippen LogP contribution in [0.5, 0.6) is 0 Å². The minimum Gasteiger partial charge on any atom is -0.389 e. The van der Waals surface area contributed by atoms with Crippen LogP contribution in [0.4, 0.5) is 4.79 Å². The summed E-state index contributed by atoms with van der Waals surface area (Å²) in [5.41, 5.74) is -0.580. The lowest BCUT2D eigenvalue weighted by Crippen LogP contribution is -2.21. The first-order chi connectivity index (χ1) is 3.95. The molecule has 0 radical (unpaired) electrons. The number of carbonyl (C=O) groups is 1. The predicted octanol–water partition coefficient (Wildman–Crippen LogP) is 1.77. The van der Waals surface area contributed by atoms with Crippen LogP contribution < -0.4 is 0 Å². The van der Waals surface area contributed by atoms with Crippen LogP contribution in [-0.2, 0) is 4.74 Å². The minimum absolute atomic E-state index is 0.580. The van der Waals surface area contributed by atoms with Gasteiger partial charge in [-0.3, -0.25) is 0 Å². The van der Waals surface area contributed by atoms with Crippen LogP contribution in [0, 0.1) is 5.39 Å². The molecule has 0 aliphatic rings. The Labute approximate surface area is 53.4 Å². The van der Waals surface area contributed by atoms with E-state index in [0.717, 1.165) is 0 Å². The monoisotopic (exact) mass is 129 g/mol. The molecule has 0 heterocycles. The molecule has 4 nitrogen and oxygen atoms in total. The Bertz CT molecular complexity index is 151. The van der Waals surface area contributed by atoms with E-state index in [4.69, 9.17) is 5.39 Å². The van der Waals surface area contributed by atoms with Crippen molar-refractivity contribution in [2.75, 3.05) is 0 Å². The smallest absolute Gasteiger partial charge is 0.389 e. The molecule has 50 valence electrons. The van der Waals surface area contributed by atoms with Gasteiger partial charge in [0.05, 0.1) is 0 Å². The van der Waals surface area contributed by atoms with Crippen molar-refractivity contribution in [3.63, 3.8) is 0 Å². The lowest BCUT2D eigenvalue weighted by atomic mass is 10.2. The van der Waals surface area contributed by atoms with Crippen LogP contribution >= 0.6 is 0 Å². The van der Waals surface area contributed by atoms with Crippen molar-refractivity contribution in [1.29, 1.82) is 5.39 Å². The van der Waals surface area contributed by atoms with Gasteiger partial charge in [-0.2, -0.15) is 4.79 Å². The maximum Gasteiger partial charge on any atom is 0.772 e. The van der Waals surface area contributed by atoms with Crippen molar-refractivity contribution in [3.05, 3.63) is 4.98 Å². The van der Waals surface area contributed by atoms with E-state index in [1.807, 2.05) is 0 Å². The topological polar surface area (TPSA) is 54.5 Å². The largest absolute Gasteiger partial charge is 0.772 e. The van der Waals surface area contributed by atoms with Crippen LogP contribution in [-0.4, -0.2) is 11.7 Å². The van der Waals surface area contributed by atoms with Gasteiger partial charge in [-0.15, -0.1) is 0 Å². The van der Waals surface area contributed by atoms with Gasteiger partial charge in [0, 0.05) is 0 Å². The Morgan fingerprint density at radius 1 is 1.56 bits per heavy atom.